The van der Waals surface area contributed by atoms with Crippen LogP contribution in [0.15, 0.2) is 24.3 Å². The molecule has 160 valence electrons. The number of carbonyl (C=O) groups excluding carboxylic acids is 3. The van der Waals surface area contributed by atoms with Gasteiger partial charge in [0.25, 0.3) is 11.8 Å². The Morgan fingerprint density at radius 2 is 1.86 bits per heavy atom. The molecule has 2 rings (SSSR count). The number of alkyl halides is 3. The van der Waals surface area contributed by atoms with Crippen molar-refractivity contribution in [3.05, 3.63) is 24.3 Å². The Labute approximate surface area is 163 Å². The van der Waals surface area contributed by atoms with Crippen molar-refractivity contribution in [2.75, 3.05) is 35.7 Å². The van der Waals surface area contributed by atoms with E-state index in [1.54, 1.807) is 0 Å². The molecule has 1 aliphatic rings. The van der Waals surface area contributed by atoms with Crippen LogP contribution in [0.2, 0.25) is 0 Å². The van der Waals surface area contributed by atoms with Gasteiger partial charge in [-0.25, -0.2) is 8.42 Å². The highest BCUT2D eigenvalue weighted by Gasteiger charge is 2.38. The Morgan fingerprint density at radius 3 is 2.38 bits per heavy atom. The predicted octanol–water partition coefficient (Wildman–Crippen LogP) is -0.676. The van der Waals surface area contributed by atoms with E-state index in [4.69, 9.17) is 10.5 Å². The summed E-state index contributed by atoms with van der Waals surface area (Å²) in [7, 11) is -5.04. The van der Waals surface area contributed by atoms with Gasteiger partial charge in [-0.05, 0) is 24.3 Å². The molecular formula is C15H17F3N4O6S. The molecule has 1 saturated heterocycles. The van der Waals surface area contributed by atoms with E-state index in [1.165, 1.54) is 33.9 Å². The third-order valence-electron chi connectivity index (χ3n) is 3.63. The van der Waals surface area contributed by atoms with Crippen LogP contribution >= 0.6 is 0 Å². The Kier molecular flexibility index (Phi) is 6.81. The molecule has 0 spiro atoms. The second-order valence-corrected chi connectivity index (χ2v) is 7.72. The van der Waals surface area contributed by atoms with Crippen molar-refractivity contribution in [1.29, 1.82) is 0 Å². The van der Waals surface area contributed by atoms with E-state index in [0.29, 0.717) is 18.8 Å². The summed E-state index contributed by atoms with van der Waals surface area (Å²) in [6.45, 7) is 0.606. The highest BCUT2D eigenvalue weighted by atomic mass is 32.2. The zero-order valence-corrected chi connectivity index (χ0v) is 15.5. The molecule has 4 N–H and O–H groups in total. The summed E-state index contributed by atoms with van der Waals surface area (Å²) < 4.78 is 66.2. The zero-order valence-electron chi connectivity index (χ0n) is 14.7. The average Bonchev–Trinajstić information content (AvgIpc) is 2.58. The molecule has 1 aliphatic heterocycles. The number of hydrogen-bond acceptors (Lipinski definition) is 6. The van der Waals surface area contributed by atoms with Crippen molar-refractivity contribution >= 4 is 39.1 Å². The molecule has 1 atom stereocenters. The van der Waals surface area contributed by atoms with E-state index in [2.05, 4.69) is 5.32 Å². The Bertz CT molecular complexity index is 888. The van der Waals surface area contributed by atoms with Crippen molar-refractivity contribution in [3.8, 4) is 0 Å². The number of halogens is 3. The van der Waals surface area contributed by atoms with Gasteiger partial charge in [-0.1, -0.05) is 0 Å². The molecule has 0 unspecified atom stereocenters. The number of amides is 3. The van der Waals surface area contributed by atoms with Gasteiger partial charge in [-0.2, -0.15) is 17.9 Å². The van der Waals surface area contributed by atoms with Gasteiger partial charge >= 0.3 is 6.18 Å². The fourth-order valence-corrected chi connectivity index (χ4v) is 3.50. The monoisotopic (exact) mass is 438 g/mol. The van der Waals surface area contributed by atoms with Crippen molar-refractivity contribution in [1.82, 2.24) is 4.72 Å². The Morgan fingerprint density at radius 1 is 1.24 bits per heavy atom. The van der Waals surface area contributed by atoms with E-state index in [9.17, 15) is 36.0 Å². The summed E-state index contributed by atoms with van der Waals surface area (Å²) in [5, 5.41) is 2.17. The number of nitrogens with zero attached hydrogens (tertiary/aromatic N) is 1. The normalized spacial score (nSPS) is 16.4. The van der Waals surface area contributed by atoms with E-state index >= 15 is 0 Å². The van der Waals surface area contributed by atoms with Gasteiger partial charge in [-0.3, -0.25) is 14.4 Å². The van der Waals surface area contributed by atoms with Crippen LogP contribution in [-0.4, -0.2) is 63.9 Å². The molecule has 0 radical (unpaired) electrons. The van der Waals surface area contributed by atoms with Crippen molar-refractivity contribution < 1.29 is 40.7 Å². The first-order valence-corrected chi connectivity index (χ1v) is 9.68. The first-order chi connectivity index (χ1) is 13.4. The minimum absolute atomic E-state index is 0.0726. The van der Waals surface area contributed by atoms with Crippen LogP contribution in [0.4, 0.5) is 24.5 Å². The molecule has 29 heavy (non-hydrogen) atoms. The number of benzene rings is 1. The number of sulfonamides is 1. The van der Waals surface area contributed by atoms with Crippen molar-refractivity contribution in [2.24, 2.45) is 5.73 Å². The topological polar surface area (TPSA) is 148 Å². The van der Waals surface area contributed by atoms with Crippen LogP contribution in [0.1, 0.15) is 0 Å². The van der Waals surface area contributed by atoms with Gasteiger partial charge in [0, 0.05) is 17.9 Å². The third kappa shape index (κ3) is 6.69. The van der Waals surface area contributed by atoms with Crippen LogP contribution in [-0.2, 0) is 29.1 Å². The minimum Gasteiger partial charge on any atom is -0.370 e. The second kappa shape index (κ2) is 8.75. The largest absolute Gasteiger partial charge is 0.404 e. The second-order valence-electron chi connectivity index (χ2n) is 5.96. The molecule has 1 fully saturated rings. The van der Waals surface area contributed by atoms with Gasteiger partial charge in [0.1, 0.15) is 6.61 Å². The van der Waals surface area contributed by atoms with Gasteiger partial charge < -0.3 is 20.7 Å². The standard InChI is InChI=1S/C15H17F3N4O6S/c16-15(17,18)8-29(26,27)21-12(13(19)24)14(25)20-9-1-3-10(4-2-9)22-5-6-28-7-11(22)23/h1-4,12,21H,5-8H2,(H2,19,24)(H,20,25)/t12-/m0/s1. The number of hydrogen-bond donors (Lipinski definition) is 3. The number of primary amides is 1. The summed E-state index contributed by atoms with van der Waals surface area (Å²) in [5.41, 5.74) is 5.54. The maximum Gasteiger partial charge on any atom is 0.404 e. The lowest BCUT2D eigenvalue weighted by Crippen LogP contribution is -2.53. The van der Waals surface area contributed by atoms with E-state index in [-0.39, 0.29) is 18.2 Å². The molecule has 0 saturated carbocycles. The lowest BCUT2D eigenvalue weighted by molar-refractivity contribution is -0.128. The maximum absolute atomic E-state index is 12.3. The highest BCUT2D eigenvalue weighted by molar-refractivity contribution is 7.89. The number of carbonyl (C=O) groups is 3. The fourth-order valence-electron chi connectivity index (χ4n) is 2.41. The summed E-state index contributed by atoms with van der Waals surface area (Å²) >= 11 is 0. The average molecular weight is 438 g/mol. The van der Waals surface area contributed by atoms with Gasteiger partial charge in [0.05, 0.1) is 6.61 Å². The summed E-state index contributed by atoms with van der Waals surface area (Å²) in [5.74, 6) is -5.29. The smallest absolute Gasteiger partial charge is 0.370 e. The van der Waals surface area contributed by atoms with Crippen LogP contribution in [0.25, 0.3) is 0 Å². The number of ether oxygens (including phenoxy) is 1. The SMILES string of the molecule is NC(=O)[C@H](NS(=O)(=O)CC(F)(F)F)C(=O)Nc1ccc(N2CCOCC2=O)cc1. The molecule has 0 aliphatic carbocycles. The first-order valence-electron chi connectivity index (χ1n) is 8.03. The van der Waals surface area contributed by atoms with Crippen molar-refractivity contribution in [2.45, 2.75) is 12.2 Å². The lowest BCUT2D eigenvalue weighted by Gasteiger charge is -2.27. The quantitative estimate of drug-likeness (QED) is 0.481. The summed E-state index contributed by atoms with van der Waals surface area (Å²) in [6, 6.07) is 3.43. The summed E-state index contributed by atoms with van der Waals surface area (Å²) in [4.78, 5) is 36.7. The number of morpholine rings is 1. The zero-order chi connectivity index (χ0) is 21.8. The number of anilines is 2. The van der Waals surface area contributed by atoms with Crippen molar-refractivity contribution in [3.63, 3.8) is 0 Å². The molecule has 1 heterocycles. The molecule has 3 amide bonds. The van der Waals surface area contributed by atoms with Crippen LogP contribution < -0.4 is 20.7 Å². The minimum atomic E-state index is -5.07. The van der Waals surface area contributed by atoms with E-state index < -0.39 is 39.8 Å². The predicted molar refractivity (Wildman–Crippen MR) is 94.2 cm³/mol. The van der Waals surface area contributed by atoms with Gasteiger partial charge in [0.2, 0.25) is 15.9 Å². The third-order valence-corrected chi connectivity index (χ3v) is 4.93. The molecule has 0 bridgehead atoms. The highest BCUT2D eigenvalue weighted by Crippen LogP contribution is 2.20. The Balaban J connectivity index is 2.08. The van der Waals surface area contributed by atoms with Gasteiger partial charge in [0.15, 0.2) is 11.8 Å². The molecular weight excluding hydrogens is 421 g/mol. The molecule has 10 nitrogen and oxygen atoms in total. The number of rotatable bonds is 7. The Hall–Kier alpha value is -2.71. The fraction of sp³-hybridized carbons (Fsp3) is 0.400. The van der Waals surface area contributed by atoms with E-state index in [1.807, 2.05) is 0 Å². The maximum atomic E-state index is 12.3. The lowest BCUT2D eigenvalue weighted by atomic mass is 10.2. The molecule has 14 heteroatoms. The van der Waals surface area contributed by atoms with Crippen LogP contribution in [0.3, 0.4) is 0 Å². The van der Waals surface area contributed by atoms with E-state index in [0.717, 1.165) is 0 Å². The number of nitrogens with one attached hydrogen (secondary N) is 2. The molecule has 1 aromatic carbocycles. The molecule has 1 aromatic rings. The van der Waals surface area contributed by atoms with Gasteiger partial charge in [-0.15, -0.1) is 0 Å². The van der Waals surface area contributed by atoms with Crippen LogP contribution in [0, 0.1) is 0 Å². The van der Waals surface area contributed by atoms with Crippen LogP contribution in [0.5, 0.6) is 0 Å². The number of nitrogens with two attached hydrogens (primary N) is 1. The summed E-state index contributed by atoms with van der Waals surface area (Å²) in [6.07, 6.45) is -5.07. The first kappa shape index (κ1) is 22.6. The molecule has 0 aromatic heterocycles.